The fourth-order valence-corrected chi connectivity index (χ4v) is 3.31. The highest BCUT2D eigenvalue weighted by Gasteiger charge is 2.10. The average molecular weight is 397 g/mol. The molecule has 0 amide bonds. The van der Waals surface area contributed by atoms with E-state index >= 15 is 0 Å². The number of guanidine groups is 1. The number of nitrogens with zero attached hydrogens (tertiary/aromatic N) is 2. The minimum atomic E-state index is 0.638. The molecular formula is C23H32N4O2. The van der Waals surface area contributed by atoms with E-state index in [0.29, 0.717) is 13.1 Å². The smallest absolute Gasteiger partial charge is 0.191 e. The number of benzene rings is 2. The SMILES string of the molecule is CCNC(=NCc1ccc(CN2CCOCC2)cc1)NCc1ccccc1OC. The number of ether oxygens (including phenoxy) is 2. The summed E-state index contributed by atoms with van der Waals surface area (Å²) in [5, 5.41) is 6.69. The molecule has 0 radical (unpaired) electrons. The number of rotatable bonds is 8. The Morgan fingerprint density at radius 2 is 1.76 bits per heavy atom. The number of hydrogen-bond donors (Lipinski definition) is 2. The molecule has 2 aromatic rings. The van der Waals surface area contributed by atoms with Crippen LogP contribution in [0.2, 0.25) is 0 Å². The van der Waals surface area contributed by atoms with E-state index in [2.05, 4.69) is 52.8 Å². The minimum Gasteiger partial charge on any atom is -0.496 e. The van der Waals surface area contributed by atoms with Crippen LogP contribution in [0.4, 0.5) is 0 Å². The Morgan fingerprint density at radius 1 is 1.03 bits per heavy atom. The Bertz CT molecular complexity index is 771. The molecule has 156 valence electrons. The van der Waals surface area contributed by atoms with E-state index in [-0.39, 0.29) is 0 Å². The zero-order valence-electron chi connectivity index (χ0n) is 17.5. The van der Waals surface area contributed by atoms with Crippen molar-refractivity contribution in [3.8, 4) is 5.75 Å². The van der Waals surface area contributed by atoms with E-state index in [0.717, 1.165) is 56.7 Å². The van der Waals surface area contributed by atoms with Crippen molar-refractivity contribution in [2.24, 2.45) is 4.99 Å². The summed E-state index contributed by atoms with van der Waals surface area (Å²) >= 11 is 0. The second-order valence-electron chi connectivity index (χ2n) is 7.07. The summed E-state index contributed by atoms with van der Waals surface area (Å²) in [6, 6.07) is 16.8. The normalized spacial score (nSPS) is 15.2. The Hall–Kier alpha value is -2.57. The van der Waals surface area contributed by atoms with Gasteiger partial charge in [0.2, 0.25) is 0 Å². The Labute approximate surface area is 173 Å². The summed E-state index contributed by atoms with van der Waals surface area (Å²) in [6.45, 7) is 8.86. The predicted octanol–water partition coefficient (Wildman–Crippen LogP) is 2.78. The molecule has 6 heteroatoms. The van der Waals surface area contributed by atoms with Gasteiger partial charge in [0.1, 0.15) is 5.75 Å². The van der Waals surface area contributed by atoms with Crippen molar-refractivity contribution < 1.29 is 9.47 Å². The van der Waals surface area contributed by atoms with E-state index in [9.17, 15) is 0 Å². The van der Waals surface area contributed by atoms with Gasteiger partial charge in [-0.2, -0.15) is 0 Å². The van der Waals surface area contributed by atoms with Gasteiger partial charge in [-0.3, -0.25) is 4.90 Å². The molecule has 0 unspecified atom stereocenters. The summed E-state index contributed by atoms with van der Waals surface area (Å²) in [4.78, 5) is 7.16. The first-order valence-electron chi connectivity index (χ1n) is 10.3. The fourth-order valence-electron chi connectivity index (χ4n) is 3.31. The molecule has 1 aliphatic heterocycles. The van der Waals surface area contributed by atoms with Crippen molar-refractivity contribution in [2.75, 3.05) is 40.0 Å². The highest BCUT2D eigenvalue weighted by Crippen LogP contribution is 2.16. The second kappa shape index (κ2) is 11.4. The molecule has 6 nitrogen and oxygen atoms in total. The predicted molar refractivity (Wildman–Crippen MR) is 117 cm³/mol. The van der Waals surface area contributed by atoms with Gasteiger partial charge in [0, 0.05) is 38.3 Å². The van der Waals surface area contributed by atoms with E-state index in [1.807, 2.05) is 18.2 Å². The maximum Gasteiger partial charge on any atom is 0.191 e. The Kier molecular flexibility index (Phi) is 8.34. The number of methoxy groups -OCH3 is 1. The van der Waals surface area contributed by atoms with Crippen LogP contribution in [0.25, 0.3) is 0 Å². The first-order valence-corrected chi connectivity index (χ1v) is 10.3. The summed E-state index contributed by atoms with van der Waals surface area (Å²) < 4.78 is 10.8. The lowest BCUT2D eigenvalue weighted by Crippen LogP contribution is -2.36. The van der Waals surface area contributed by atoms with Crippen LogP contribution in [0, 0.1) is 0 Å². The van der Waals surface area contributed by atoms with E-state index in [1.165, 1.54) is 11.1 Å². The number of para-hydroxylation sites is 1. The van der Waals surface area contributed by atoms with Crippen LogP contribution in [-0.2, 0) is 24.4 Å². The molecule has 0 aromatic heterocycles. The van der Waals surface area contributed by atoms with Crippen LogP contribution >= 0.6 is 0 Å². The number of aliphatic imine (C=N–C) groups is 1. The molecule has 1 heterocycles. The van der Waals surface area contributed by atoms with Gasteiger partial charge in [-0.05, 0) is 24.1 Å². The topological polar surface area (TPSA) is 58.1 Å². The van der Waals surface area contributed by atoms with Gasteiger partial charge in [-0.15, -0.1) is 0 Å². The van der Waals surface area contributed by atoms with E-state index in [1.54, 1.807) is 7.11 Å². The number of hydrogen-bond acceptors (Lipinski definition) is 4. The minimum absolute atomic E-state index is 0.638. The van der Waals surface area contributed by atoms with E-state index < -0.39 is 0 Å². The van der Waals surface area contributed by atoms with Crippen LogP contribution in [0.5, 0.6) is 5.75 Å². The molecule has 0 bridgehead atoms. The van der Waals surface area contributed by atoms with Crippen LogP contribution in [-0.4, -0.2) is 50.8 Å². The van der Waals surface area contributed by atoms with Crippen LogP contribution < -0.4 is 15.4 Å². The molecule has 1 saturated heterocycles. The lowest BCUT2D eigenvalue weighted by Gasteiger charge is -2.26. The quantitative estimate of drug-likeness (QED) is 0.531. The maximum absolute atomic E-state index is 5.42. The summed E-state index contributed by atoms with van der Waals surface area (Å²) in [7, 11) is 1.70. The van der Waals surface area contributed by atoms with Crippen molar-refractivity contribution in [1.82, 2.24) is 15.5 Å². The van der Waals surface area contributed by atoms with Gasteiger partial charge in [0.15, 0.2) is 5.96 Å². The van der Waals surface area contributed by atoms with E-state index in [4.69, 9.17) is 14.5 Å². The van der Waals surface area contributed by atoms with Gasteiger partial charge >= 0.3 is 0 Å². The molecule has 29 heavy (non-hydrogen) atoms. The Balaban J connectivity index is 1.55. The molecule has 2 aromatic carbocycles. The first-order chi connectivity index (χ1) is 14.3. The first kappa shape index (κ1) is 21.1. The van der Waals surface area contributed by atoms with Gasteiger partial charge in [0.25, 0.3) is 0 Å². The third kappa shape index (κ3) is 6.76. The summed E-state index contributed by atoms with van der Waals surface area (Å²) in [5.41, 5.74) is 3.64. The zero-order chi connectivity index (χ0) is 20.3. The van der Waals surface area contributed by atoms with Crippen molar-refractivity contribution >= 4 is 5.96 Å². The molecule has 2 N–H and O–H groups in total. The maximum atomic E-state index is 5.42. The molecule has 0 aliphatic carbocycles. The van der Waals surface area contributed by atoms with Crippen molar-refractivity contribution in [2.45, 2.75) is 26.6 Å². The molecular weight excluding hydrogens is 364 g/mol. The number of morpholine rings is 1. The second-order valence-corrected chi connectivity index (χ2v) is 7.07. The number of nitrogens with one attached hydrogen (secondary N) is 2. The standard InChI is InChI=1S/C23H32N4O2/c1-3-24-23(26-17-21-6-4-5-7-22(21)28-2)25-16-19-8-10-20(11-9-19)18-27-12-14-29-15-13-27/h4-11H,3,12-18H2,1-2H3,(H2,24,25,26). The molecule has 0 saturated carbocycles. The molecule has 0 spiro atoms. The largest absolute Gasteiger partial charge is 0.496 e. The van der Waals surface area contributed by atoms with Gasteiger partial charge in [0.05, 0.1) is 26.9 Å². The van der Waals surface area contributed by atoms with Crippen LogP contribution in [0.3, 0.4) is 0 Å². The molecule has 1 aliphatic rings. The van der Waals surface area contributed by atoms with Gasteiger partial charge in [-0.1, -0.05) is 42.5 Å². The molecule has 1 fully saturated rings. The van der Waals surface area contributed by atoms with Crippen LogP contribution in [0.1, 0.15) is 23.6 Å². The summed E-state index contributed by atoms with van der Waals surface area (Å²) in [6.07, 6.45) is 0. The van der Waals surface area contributed by atoms with Crippen molar-refractivity contribution in [3.05, 3.63) is 65.2 Å². The molecule has 3 rings (SSSR count). The van der Waals surface area contributed by atoms with Crippen LogP contribution in [0.15, 0.2) is 53.5 Å². The average Bonchev–Trinajstić information content (AvgIpc) is 2.77. The highest BCUT2D eigenvalue weighted by molar-refractivity contribution is 5.79. The highest BCUT2D eigenvalue weighted by atomic mass is 16.5. The fraction of sp³-hybridized carbons (Fsp3) is 0.435. The lowest BCUT2D eigenvalue weighted by atomic mass is 10.1. The Morgan fingerprint density at radius 3 is 2.48 bits per heavy atom. The van der Waals surface area contributed by atoms with Crippen molar-refractivity contribution in [3.63, 3.8) is 0 Å². The zero-order valence-corrected chi connectivity index (χ0v) is 17.5. The lowest BCUT2D eigenvalue weighted by molar-refractivity contribution is 0.0342. The third-order valence-corrected chi connectivity index (χ3v) is 4.94. The third-order valence-electron chi connectivity index (χ3n) is 4.94. The van der Waals surface area contributed by atoms with Gasteiger partial charge in [-0.25, -0.2) is 4.99 Å². The molecule has 0 atom stereocenters. The summed E-state index contributed by atoms with van der Waals surface area (Å²) in [5.74, 6) is 1.68. The van der Waals surface area contributed by atoms with Crippen molar-refractivity contribution in [1.29, 1.82) is 0 Å². The monoisotopic (exact) mass is 396 g/mol. The van der Waals surface area contributed by atoms with Gasteiger partial charge < -0.3 is 20.1 Å².